The Hall–Kier alpha value is -4.72. The van der Waals surface area contributed by atoms with Crippen LogP contribution in [0.4, 0.5) is 0 Å². The number of methoxy groups -OCH3 is 2. The van der Waals surface area contributed by atoms with Gasteiger partial charge in [-0.2, -0.15) is 0 Å². The van der Waals surface area contributed by atoms with Crippen LogP contribution in [0.15, 0.2) is 124 Å². The van der Waals surface area contributed by atoms with Crippen molar-refractivity contribution in [2.45, 2.75) is 53.9 Å². The highest BCUT2D eigenvalue weighted by atomic mass is 16.5. The maximum atomic E-state index is 13.0. The Morgan fingerprint density at radius 2 is 1.29 bits per heavy atom. The highest BCUT2D eigenvalue weighted by Gasteiger charge is 2.31. The number of esters is 2. The number of carbonyl (C=O) groups excluding carboxylic acids is 2. The normalized spacial score (nSPS) is 19.7. The second kappa shape index (κ2) is 11.3. The number of rotatable bonds is 6. The van der Waals surface area contributed by atoms with Gasteiger partial charge in [-0.25, -0.2) is 24.8 Å². The standard InChI is InChI=1S/C34H34N4O4/c1-9-21-17(3)24-13-25-19(5)23(11-12-32(39)41-7)30(37-25)16-31-33(34(40)42-8)20(6)27(38-31)15-29-22(10-2)18(4)26(36-29)14-28(21)35-24/h9,13-16H,1,10-12H2,2-8H3. The van der Waals surface area contributed by atoms with Gasteiger partial charge in [0, 0.05) is 12.0 Å². The molecule has 8 bridgehead atoms. The van der Waals surface area contributed by atoms with Crippen LogP contribution < -0.4 is 0 Å². The third-order valence-electron chi connectivity index (χ3n) is 8.18. The van der Waals surface area contributed by atoms with Gasteiger partial charge in [0.2, 0.25) is 0 Å². The van der Waals surface area contributed by atoms with E-state index in [9.17, 15) is 9.59 Å². The predicted octanol–water partition coefficient (Wildman–Crippen LogP) is 6.34. The minimum Gasteiger partial charge on any atom is -0.469 e. The molecule has 0 N–H and O–H groups in total. The minimum absolute atomic E-state index is 0.191. The Labute approximate surface area is 246 Å². The Balaban J connectivity index is 1.79. The second-order valence-electron chi connectivity index (χ2n) is 10.5. The van der Waals surface area contributed by atoms with E-state index >= 15 is 0 Å². The van der Waals surface area contributed by atoms with Crippen LogP contribution in [0.5, 0.6) is 0 Å². The second-order valence-corrected chi connectivity index (χ2v) is 10.5. The molecule has 0 spiro atoms. The van der Waals surface area contributed by atoms with Gasteiger partial charge in [-0.1, -0.05) is 19.6 Å². The minimum atomic E-state index is -0.479. The molecule has 0 saturated heterocycles. The summed E-state index contributed by atoms with van der Waals surface area (Å²) >= 11 is 0. The predicted molar refractivity (Wildman–Crippen MR) is 167 cm³/mol. The first kappa shape index (κ1) is 28.8. The summed E-state index contributed by atoms with van der Waals surface area (Å²) < 4.78 is 10.1. The van der Waals surface area contributed by atoms with Crippen molar-refractivity contribution in [1.82, 2.24) is 0 Å². The van der Waals surface area contributed by atoms with Crippen molar-refractivity contribution in [1.29, 1.82) is 0 Å². The van der Waals surface area contributed by atoms with Gasteiger partial charge < -0.3 is 9.47 Å². The summed E-state index contributed by atoms with van der Waals surface area (Å²) in [6.07, 6.45) is 10.9. The van der Waals surface area contributed by atoms with E-state index in [1.54, 1.807) is 6.08 Å². The molecule has 0 radical (unpaired) electrons. The van der Waals surface area contributed by atoms with Crippen LogP contribution in [0.25, 0.3) is 0 Å². The SMILES string of the molecule is C=CC1=C(C)C2=CC3=NC(=CC4=NC(=CC5=NC(=CC1=N2)C(C)=C5CC)C(C)=C4C(=O)OC)C(CCC(=O)OC)=C3C. The summed E-state index contributed by atoms with van der Waals surface area (Å²) in [5.41, 5.74) is 12.6. The van der Waals surface area contributed by atoms with Gasteiger partial charge >= 0.3 is 11.9 Å². The van der Waals surface area contributed by atoms with Crippen molar-refractivity contribution in [2.24, 2.45) is 20.0 Å². The van der Waals surface area contributed by atoms with Gasteiger partial charge in [0.15, 0.2) is 0 Å². The summed E-state index contributed by atoms with van der Waals surface area (Å²) in [6.45, 7) is 14.1. The van der Waals surface area contributed by atoms with E-state index in [1.165, 1.54) is 14.2 Å². The monoisotopic (exact) mass is 562 g/mol. The maximum Gasteiger partial charge on any atom is 0.340 e. The molecular weight excluding hydrogens is 528 g/mol. The summed E-state index contributed by atoms with van der Waals surface area (Å²) in [5, 5.41) is 0. The van der Waals surface area contributed by atoms with Crippen molar-refractivity contribution >= 4 is 34.8 Å². The van der Waals surface area contributed by atoms with Crippen LogP contribution in [0.2, 0.25) is 0 Å². The quantitative estimate of drug-likeness (QED) is 0.352. The number of ether oxygens (including phenoxy) is 2. The third kappa shape index (κ3) is 4.87. The van der Waals surface area contributed by atoms with Crippen LogP contribution in [0.1, 0.15) is 53.9 Å². The molecule has 5 rings (SSSR count). The Kier molecular flexibility index (Phi) is 7.73. The fourth-order valence-electron chi connectivity index (χ4n) is 5.69. The average molecular weight is 563 g/mol. The van der Waals surface area contributed by atoms with Crippen molar-refractivity contribution < 1.29 is 19.1 Å². The van der Waals surface area contributed by atoms with Crippen molar-refractivity contribution in [3.05, 3.63) is 104 Å². The molecule has 0 aromatic heterocycles. The number of fused-ring (bicyclic) bond motifs is 4. The zero-order valence-corrected chi connectivity index (χ0v) is 25.1. The Bertz CT molecular complexity index is 1740. The molecule has 5 heterocycles. The fraction of sp³-hybridized carbons (Fsp3) is 0.294. The number of hydrogen-bond donors (Lipinski definition) is 0. The van der Waals surface area contributed by atoms with Crippen molar-refractivity contribution in [3.8, 4) is 0 Å². The van der Waals surface area contributed by atoms with Gasteiger partial charge in [0.25, 0.3) is 0 Å². The molecule has 0 aliphatic carbocycles. The van der Waals surface area contributed by atoms with E-state index in [0.717, 1.165) is 68.4 Å². The zero-order chi connectivity index (χ0) is 30.3. The average Bonchev–Trinajstić information content (AvgIpc) is 3.64. The van der Waals surface area contributed by atoms with Crippen LogP contribution >= 0.6 is 0 Å². The molecule has 5 aliphatic rings. The highest BCUT2D eigenvalue weighted by Crippen LogP contribution is 2.37. The number of hydrogen-bond acceptors (Lipinski definition) is 8. The topological polar surface area (TPSA) is 102 Å². The summed E-state index contributed by atoms with van der Waals surface area (Å²) in [6, 6.07) is 0. The van der Waals surface area contributed by atoms with Gasteiger partial charge in [0.1, 0.15) is 0 Å². The van der Waals surface area contributed by atoms with E-state index in [2.05, 4.69) is 20.4 Å². The highest BCUT2D eigenvalue weighted by molar-refractivity contribution is 6.28. The lowest BCUT2D eigenvalue weighted by Gasteiger charge is -2.07. The van der Waals surface area contributed by atoms with E-state index in [0.29, 0.717) is 34.7 Å². The fourth-order valence-corrected chi connectivity index (χ4v) is 5.69. The lowest BCUT2D eigenvalue weighted by Crippen LogP contribution is -2.12. The molecule has 8 heteroatoms. The summed E-state index contributed by atoms with van der Waals surface area (Å²) in [4.78, 5) is 44.9. The zero-order valence-electron chi connectivity index (χ0n) is 25.1. The third-order valence-corrected chi connectivity index (χ3v) is 8.18. The molecule has 0 amide bonds. The van der Waals surface area contributed by atoms with Gasteiger partial charge in [0.05, 0.1) is 65.4 Å². The number of aliphatic imine (C=N–C) groups is 4. The molecule has 42 heavy (non-hydrogen) atoms. The van der Waals surface area contributed by atoms with E-state index in [-0.39, 0.29) is 12.4 Å². The first-order chi connectivity index (χ1) is 20.1. The van der Waals surface area contributed by atoms with Crippen molar-refractivity contribution in [3.63, 3.8) is 0 Å². The lowest BCUT2D eigenvalue weighted by molar-refractivity contribution is -0.140. The first-order valence-corrected chi connectivity index (χ1v) is 13.9. The van der Waals surface area contributed by atoms with E-state index in [1.807, 2.05) is 45.1 Å². The van der Waals surface area contributed by atoms with Gasteiger partial charge in [-0.15, -0.1) is 0 Å². The molecule has 214 valence electrons. The molecule has 0 fully saturated rings. The number of allylic oxidation sites excluding steroid dienone is 12. The summed E-state index contributed by atoms with van der Waals surface area (Å²) in [5.74, 6) is -0.792. The number of nitrogens with zero attached hydrogens (tertiary/aromatic N) is 4. The molecular formula is C34H34N4O4. The van der Waals surface area contributed by atoms with E-state index in [4.69, 9.17) is 29.4 Å². The van der Waals surface area contributed by atoms with Crippen LogP contribution in [-0.4, -0.2) is 49.0 Å². The first-order valence-electron chi connectivity index (χ1n) is 13.9. The summed E-state index contributed by atoms with van der Waals surface area (Å²) in [7, 11) is 2.73. The molecule has 0 atom stereocenters. The maximum absolute atomic E-state index is 13.0. The van der Waals surface area contributed by atoms with Gasteiger partial charge in [-0.3, -0.25) is 4.79 Å². The smallest absolute Gasteiger partial charge is 0.340 e. The molecule has 0 saturated carbocycles. The lowest BCUT2D eigenvalue weighted by atomic mass is 9.97. The molecule has 8 nitrogen and oxygen atoms in total. The number of carbonyl (C=O) groups is 2. The van der Waals surface area contributed by atoms with Gasteiger partial charge in [-0.05, 0) is 98.3 Å². The molecule has 0 aromatic carbocycles. The molecule has 5 aliphatic heterocycles. The van der Waals surface area contributed by atoms with Crippen LogP contribution in [0.3, 0.4) is 0 Å². The Morgan fingerprint density at radius 1 is 0.714 bits per heavy atom. The Morgan fingerprint density at radius 3 is 1.95 bits per heavy atom. The molecule has 0 unspecified atom stereocenters. The largest absolute Gasteiger partial charge is 0.469 e. The van der Waals surface area contributed by atoms with Crippen LogP contribution in [0, 0.1) is 0 Å². The van der Waals surface area contributed by atoms with Crippen LogP contribution in [-0.2, 0) is 19.1 Å². The van der Waals surface area contributed by atoms with Crippen molar-refractivity contribution in [2.75, 3.05) is 14.2 Å². The molecule has 0 aromatic rings. The van der Waals surface area contributed by atoms with E-state index < -0.39 is 5.97 Å².